The molecule has 0 aromatic heterocycles. The molecule has 2 unspecified atom stereocenters. The van der Waals surface area contributed by atoms with Gasteiger partial charge in [-0.2, -0.15) is 0 Å². The van der Waals surface area contributed by atoms with Crippen LogP contribution in [0.2, 0.25) is 0 Å². The maximum absolute atomic E-state index is 11.8. The summed E-state index contributed by atoms with van der Waals surface area (Å²) in [5, 5.41) is 2.99. The van der Waals surface area contributed by atoms with Gasteiger partial charge in [-0.15, -0.1) is 0 Å². The van der Waals surface area contributed by atoms with Crippen molar-refractivity contribution in [2.24, 2.45) is 11.7 Å². The van der Waals surface area contributed by atoms with Gasteiger partial charge in [0.15, 0.2) is 0 Å². The first-order valence-corrected chi connectivity index (χ1v) is 7.40. The molecule has 0 aliphatic carbocycles. The number of nitrogens with one attached hydrogen (secondary N) is 1. The number of amides is 1. The van der Waals surface area contributed by atoms with Crippen molar-refractivity contribution in [2.75, 3.05) is 19.6 Å². The van der Waals surface area contributed by atoms with Crippen molar-refractivity contribution in [1.82, 2.24) is 10.2 Å². The van der Waals surface area contributed by atoms with Crippen LogP contribution in [-0.2, 0) is 17.8 Å². The normalized spacial score (nSPS) is 18.1. The molecular weight excluding hydrogens is 250 g/mol. The monoisotopic (exact) mass is 275 g/mol. The largest absolute Gasteiger partial charge is 0.354 e. The molecule has 3 N–H and O–H groups in total. The van der Waals surface area contributed by atoms with Crippen LogP contribution in [0.4, 0.5) is 0 Å². The van der Waals surface area contributed by atoms with Gasteiger partial charge in [0.1, 0.15) is 0 Å². The standard InChI is InChI=1S/C16H25N3O/c1-12(9-17)16(20)18-10-13(2)19-8-7-14-5-3-4-6-15(14)11-19/h3-6,12-13H,7-11,17H2,1-2H3,(H,18,20). The van der Waals surface area contributed by atoms with Crippen molar-refractivity contribution in [3.63, 3.8) is 0 Å². The van der Waals surface area contributed by atoms with Gasteiger partial charge in [-0.1, -0.05) is 31.2 Å². The molecule has 1 heterocycles. The number of nitrogens with zero attached hydrogens (tertiary/aromatic N) is 1. The van der Waals surface area contributed by atoms with Crippen LogP contribution in [0.25, 0.3) is 0 Å². The van der Waals surface area contributed by atoms with Gasteiger partial charge in [0.05, 0.1) is 0 Å². The molecule has 4 heteroatoms. The van der Waals surface area contributed by atoms with E-state index in [9.17, 15) is 4.79 Å². The molecule has 0 radical (unpaired) electrons. The molecule has 0 fully saturated rings. The predicted octanol–water partition coefficient (Wildman–Crippen LogP) is 1.14. The highest BCUT2D eigenvalue weighted by Gasteiger charge is 2.21. The van der Waals surface area contributed by atoms with Crippen LogP contribution in [0, 0.1) is 5.92 Å². The SMILES string of the molecule is CC(CN)C(=O)NCC(C)N1CCc2ccccc2C1. The molecule has 2 rings (SSSR count). The summed E-state index contributed by atoms with van der Waals surface area (Å²) in [4.78, 5) is 14.2. The summed E-state index contributed by atoms with van der Waals surface area (Å²) in [6.07, 6.45) is 1.09. The molecule has 1 aromatic carbocycles. The molecule has 1 aliphatic rings. The van der Waals surface area contributed by atoms with E-state index in [1.165, 1.54) is 11.1 Å². The van der Waals surface area contributed by atoms with Crippen molar-refractivity contribution in [3.05, 3.63) is 35.4 Å². The van der Waals surface area contributed by atoms with Gasteiger partial charge < -0.3 is 11.1 Å². The van der Waals surface area contributed by atoms with Crippen molar-refractivity contribution in [2.45, 2.75) is 32.9 Å². The Balaban J connectivity index is 1.85. The molecular formula is C16H25N3O. The highest BCUT2D eigenvalue weighted by atomic mass is 16.1. The third kappa shape index (κ3) is 3.58. The zero-order chi connectivity index (χ0) is 14.5. The van der Waals surface area contributed by atoms with Gasteiger partial charge in [-0.25, -0.2) is 0 Å². The quantitative estimate of drug-likeness (QED) is 0.847. The summed E-state index contributed by atoms with van der Waals surface area (Å²) >= 11 is 0. The highest BCUT2D eigenvalue weighted by Crippen LogP contribution is 2.19. The zero-order valence-corrected chi connectivity index (χ0v) is 12.4. The number of fused-ring (bicyclic) bond motifs is 1. The Labute approximate surface area is 121 Å². The fourth-order valence-electron chi connectivity index (χ4n) is 2.55. The Morgan fingerprint density at radius 2 is 2.05 bits per heavy atom. The minimum Gasteiger partial charge on any atom is -0.354 e. The second-order valence-corrected chi connectivity index (χ2v) is 5.72. The number of carbonyl (C=O) groups excluding carboxylic acids is 1. The van der Waals surface area contributed by atoms with E-state index in [4.69, 9.17) is 5.73 Å². The number of benzene rings is 1. The number of nitrogens with two attached hydrogens (primary N) is 1. The van der Waals surface area contributed by atoms with Gasteiger partial charge in [0.2, 0.25) is 5.91 Å². The van der Waals surface area contributed by atoms with Crippen LogP contribution in [0.5, 0.6) is 0 Å². The molecule has 0 bridgehead atoms. The van der Waals surface area contributed by atoms with E-state index in [-0.39, 0.29) is 11.8 Å². The lowest BCUT2D eigenvalue weighted by Gasteiger charge is -2.34. The van der Waals surface area contributed by atoms with Gasteiger partial charge >= 0.3 is 0 Å². The molecule has 1 aliphatic heterocycles. The molecule has 1 amide bonds. The summed E-state index contributed by atoms with van der Waals surface area (Å²) in [5.74, 6) is -0.0546. The second-order valence-electron chi connectivity index (χ2n) is 5.72. The van der Waals surface area contributed by atoms with E-state index in [0.29, 0.717) is 19.1 Å². The Bertz CT molecular complexity index is 461. The van der Waals surface area contributed by atoms with E-state index < -0.39 is 0 Å². The first kappa shape index (κ1) is 15.0. The fraction of sp³-hybridized carbons (Fsp3) is 0.562. The van der Waals surface area contributed by atoms with E-state index >= 15 is 0 Å². The van der Waals surface area contributed by atoms with Crippen LogP contribution < -0.4 is 11.1 Å². The van der Waals surface area contributed by atoms with Gasteiger partial charge in [-0.3, -0.25) is 9.69 Å². The molecule has 20 heavy (non-hydrogen) atoms. The molecule has 2 atom stereocenters. The smallest absolute Gasteiger partial charge is 0.224 e. The van der Waals surface area contributed by atoms with E-state index in [2.05, 4.69) is 41.4 Å². The summed E-state index contributed by atoms with van der Waals surface area (Å²) in [6, 6.07) is 8.95. The topological polar surface area (TPSA) is 58.4 Å². The van der Waals surface area contributed by atoms with E-state index in [1.807, 2.05) is 6.92 Å². The number of carbonyl (C=O) groups is 1. The number of rotatable bonds is 5. The third-order valence-electron chi connectivity index (χ3n) is 4.16. The fourth-order valence-corrected chi connectivity index (χ4v) is 2.55. The lowest BCUT2D eigenvalue weighted by molar-refractivity contribution is -0.124. The molecule has 4 nitrogen and oxygen atoms in total. The van der Waals surface area contributed by atoms with Crippen LogP contribution in [0.15, 0.2) is 24.3 Å². The van der Waals surface area contributed by atoms with Crippen molar-refractivity contribution < 1.29 is 4.79 Å². The molecule has 0 saturated heterocycles. The average molecular weight is 275 g/mol. The minimum atomic E-state index is -0.107. The van der Waals surface area contributed by atoms with Crippen molar-refractivity contribution in [3.8, 4) is 0 Å². The van der Waals surface area contributed by atoms with E-state index in [1.54, 1.807) is 0 Å². The summed E-state index contributed by atoms with van der Waals surface area (Å²) in [7, 11) is 0. The zero-order valence-electron chi connectivity index (χ0n) is 12.4. The maximum atomic E-state index is 11.8. The van der Waals surface area contributed by atoms with Gasteiger partial charge in [0, 0.05) is 38.1 Å². The average Bonchev–Trinajstić information content (AvgIpc) is 2.50. The minimum absolute atomic E-state index is 0.0526. The van der Waals surface area contributed by atoms with Crippen LogP contribution in [-0.4, -0.2) is 36.5 Å². The van der Waals surface area contributed by atoms with E-state index in [0.717, 1.165) is 19.5 Å². The summed E-state index contributed by atoms with van der Waals surface area (Å²) in [5.41, 5.74) is 8.37. The Kier molecular flexibility index (Phi) is 5.15. The van der Waals surface area contributed by atoms with Crippen molar-refractivity contribution >= 4 is 5.91 Å². The Morgan fingerprint density at radius 1 is 1.35 bits per heavy atom. The van der Waals surface area contributed by atoms with Gasteiger partial charge in [0.25, 0.3) is 0 Å². The van der Waals surface area contributed by atoms with Crippen molar-refractivity contribution in [1.29, 1.82) is 0 Å². The van der Waals surface area contributed by atoms with Crippen LogP contribution in [0.1, 0.15) is 25.0 Å². The molecule has 0 saturated carbocycles. The molecule has 110 valence electrons. The maximum Gasteiger partial charge on any atom is 0.224 e. The summed E-state index contributed by atoms with van der Waals surface area (Å²) in [6.45, 7) is 7.14. The third-order valence-corrected chi connectivity index (χ3v) is 4.16. The van der Waals surface area contributed by atoms with Crippen LogP contribution >= 0.6 is 0 Å². The number of hydrogen-bond acceptors (Lipinski definition) is 3. The number of hydrogen-bond donors (Lipinski definition) is 2. The van der Waals surface area contributed by atoms with Crippen LogP contribution in [0.3, 0.4) is 0 Å². The second kappa shape index (κ2) is 6.86. The lowest BCUT2D eigenvalue weighted by Crippen LogP contribution is -2.45. The first-order chi connectivity index (χ1) is 9.61. The predicted molar refractivity (Wildman–Crippen MR) is 81.2 cm³/mol. The molecule has 0 spiro atoms. The highest BCUT2D eigenvalue weighted by molar-refractivity contribution is 5.78. The first-order valence-electron chi connectivity index (χ1n) is 7.40. The summed E-state index contributed by atoms with van der Waals surface area (Å²) < 4.78 is 0. The van der Waals surface area contributed by atoms with Gasteiger partial charge in [-0.05, 0) is 24.5 Å². The Hall–Kier alpha value is -1.39. The molecule has 1 aromatic rings. The lowest BCUT2D eigenvalue weighted by atomic mass is 9.99. The Morgan fingerprint density at radius 3 is 2.75 bits per heavy atom.